The average Bonchev–Trinajstić information content (AvgIpc) is 2.06. The summed E-state index contributed by atoms with van der Waals surface area (Å²) in [6, 6.07) is 4.93. The maximum atomic E-state index is 13.2. The molecular weight excluding hydrogens is 223 g/mol. The van der Waals surface area contributed by atoms with Crippen molar-refractivity contribution in [1.29, 1.82) is 5.26 Å². The van der Waals surface area contributed by atoms with Crippen LogP contribution in [-0.4, -0.2) is 0 Å². The zero-order chi connectivity index (χ0) is 9.14. The molecule has 2 N–H and O–H groups in total. The highest BCUT2D eigenvalue weighted by atomic mass is 79.9. The standard InChI is InChI=1S/C8H6BrFN2/c9-7-2-1-5(3-11)8(10)6(7)4-12/h1-2H,3,11H2. The summed E-state index contributed by atoms with van der Waals surface area (Å²) in [6.07, 6.45) is 0. The SMILES string of the molecule is N#Cc1c(Br)ccc(CN)c1F. The van der Waals surface area contributed by atoms with E-state index in [1.165, 1.54) is 0 Å². The first-order valence-corrected chi connectivity index (χ1v) is 4.07. The van der Waals surface area contributed by atoms with Crippen molar-refractivity contribution in [3.63, 3.8) is 0 Å². The van der Waals surface area contributed by atoms with Crippen molar-refractivity contribution in [2.24, 2.45) is 5.73 Å². The lowest BCUT2D eigenvalue weighted by Gasteiger charge is -2.01. The van der Waals surface area contributed by atoms with Crippen LogP contribution in [0, 0.1) is 17.1 Å². The average molecular weight is 229 g/mol. The van der Waals surface area contributed by atoms with Crippen LogP contribution in [0.15, 0.2) is 16.6 Å². The molecule has 0 unspecified atom stereocenters. The zero-order valence-electron chi connectivity index (χ0n) is 6.14. The summed E-state index contributed by atoms with van der Waals surface area (Å²) in [4.78, 5) is 0. The van der Waals surface area contributed by atoms with Crippen LogP contribution >= 0.6 is 15.9 Å². The molecule has 0 atom stereocenters. The Kier molecular flexibility index (Phi) is 2.79. The van der Waals surface area contributed by atoms with Crippen molar-refractivity contribution in [2.45, 2.75) is 6.54 Å². The third-order valence-corrected chi connectivity index (χ3v) is 2.16. The Balaban J connectivity index is 3.36. The number of nitrogens with zero attached hydrogens (tertiary/aromatic N) is 1. The molecule has 62 valence electrons. The lowest BCUT2D eigenvalue weighted by molar-refractivity contribution is 0.606. The molecule has 0 spiro atoms. The topological polar surface area (TPSA) is 49.8 Å². The Morgan fingerprint density at radius 1 is 1.58 bits per heavy atom. The molecule has 0 fully saturated rings. The molecule has 1 aromatic carbocycles. The lowest BCUT2D eigenvalue weighted by Crippen LogP contribution is -2.01. The molecular formula is C8H6BrFN2. The van der Waals surface area contributed by atoms with Crippen LogP contribution < -0.4 is 5.73 Å². The zero-order valence-corrected chi connectivity index (χ0v) is 7.73. The van der Waals surface area contributed by atoms with Gasteiger partial charge >= 0.3 is 0 Å². The van der Waals surface area contributed by atoms with Crippen LogP contribution in [0.2, 0.25) is 0 Å². The van der Waals surface area contributed by atoms with Gasteiger partial charge in [0.2, 0.25) is 0 Å². The summed E-state index contributed by atoms with van der Waals surface area (Å²) in [7, 11) is 0. The minimum absolute atomic E-state index is 0.0120. The number of nitriles is 1. The van der Waals surface area contributed by atoms with Crippen molar-refractivity contribution >= 4 is 15.9 Å². The minimum atomic E-state index is -0.533. The molecule has 12 heavy (non-hydrogen) atoms. The van der Waals surface area contributed by atoms with Crippen molar-refractivity contribution in [3.8, 4) is 6.07 Å². The summed E-state index contributed by atoms with van der Waals surface area (Å²) in [6.45, 7) is 0.105. The first kappa shape index (κ1) is 9.17. The van der Waals surface area contributed by atoms with Gasteiger partial charge in [0.15, 0.2) is 0 Å². The van der Waals surface area contributed by atoms with Gasteiger partial charge in [-0.15, -0.1) is 0 Å². The van der Waals surface area contributed by atoms with Gasteiger partial charge < -0.3 is 5.73 Å². The summed E-state index contributed by atoms with van der Waals surface area (Å²) in [5.74, 6) is -0.533. The molecule has 0 heterocycles. The Hall–Kier alpha value is -0.920. The van der Waals surface area contributed by atoms with E-state index in [4.69, 9.17) is 11.0 Å². The highest BCUT2D eigenvalue weighted by Gasteiger charge is 2.09. The van der Waals surface area contributed by atoms with Crippen LogP contribution in [0.5, 0.6) is 0 Å². The van der Waals surface area contributed by atoms with E-state index in [0.29, 0.717) is 10.0 Å². The van der Waals surface area contributed by atoms with Crippen molar-refractivity contribution < 1.29 is 4.39 Å². The number of benzene rings is 1. The predicted octanol–water partition coefficient (Wildman–Crippen LogP) is 1.92. The molecule has 0 bridgehead atoms. The van der Waals surface area contributed by atoms with Gasteiger partial charge in [-0.1, -0.05) is 6.07 Å². The molecule has 4 heteroatoms. The maximum Gasteiger partial charge on any atom is 0.146 e. The lowest BCUT2D eigenvalue weighted by atomic mass is 10.1. The van der Waals surface area contributed by atoms with E-state index in [2.05, 4.69) is 15.9 Å². The smallest absolute Gasteiger partial charge is 0.146 e. The van der Waals surface area contributed by atoms with Gasteiger partial charge in [0.1, 0.15) is 17.4 Å². The molecule has 0 saturated carbocycles. The number of hydrogen-bond acceptors (Lipinski definition) is 2. The Bertz CT molecular complexity index is 344. The van der Waals surface area contributed by atoms with E-state index >= 15 is 0 Å². The highest BCUT2D eigenvalue weighted by Crippen LogP contribution is 2.21. The third-order valence-electron chi connectivity index (χ3n) is 1.50. The van der Waals surface area contributed by atoms with Gasteiger partial charge in [-0.05, 0) is 22.0 Å². The molecule has 0 aliphatic rings. The van der Waals surface area contributed by atoms with E-state index in [9.17, 15) is 4.39 Å². The molecule has 0 amide bonds. The van der Waals surface area contributed by atoms with Gasteiger partial charge in [-0.2, -0.15) is 5.26 Å². The minimum Gasteiger partial charge on any atom is -0.326 e. The number of rotatable bonds is 1. The Morgan fingerprint density at radius 2 is 2.25 bits per heavy atom. The van der Waals surface area contributed by atoms with E-state index in [-0.39, 0.29) is 12.1 Å². The van der Waals surface area contributed by atoms with Crippen LogP contribution in [-0.2, 0) is 6.54 Å². The fourth-order valence-electron chi connectivity index (χ4n) is 0.856. The van der Waals surface area contributed by atoms with Crippen LogP contribution in [0.25, 0.3) is 0 Å². The van der Waals surface area contributed by atoms with E-state index in [1.54, 1.807) is 18.2 Å². The van der Waals surface area contributed by atoms with Gasteiger partial charge in [0, 0.05) is 16.6 Å². The van der Waals surface area contributed by atoms with Gasteiger partial charge in [-0.25, -0.2) is 4.39 Å². The monoisotopic (exact) mass is 228 g/mol. The second kappa shape index (κ2) is 3.65. The number of hydrogen-bond donors (Lipinski definition) is 1. The van der Waals surface area contributed by atoms with E-state index in [1.807, 2.05) is 0 Å². The fraction of sp³-hybridized carbons (Fsp3) is 0.125. The van der Waals surface area contributed by atoms with Crippen molar-refractivity contribution in [3.05, 3.63) is 33.5 Å². The number of nitrogens with two attached hydrogens (primary N) is 1. The molecule has 0 aromatic heterocycles. The predicted molar refractivity (Wildman–Crippen MR) is 46.7 cm³/mol. The fourth-order valence-corrected chi connectivity index (χ4v) is 1.25. The Morgan fingerprint density at radius 3 is 2.75 bits per heavy atom. The van der Waals surface area contributed by atoms with Crippen molar-refractivity contribution in [1.82, 2.24) is 0 Å². The Labute approximate surface area is 77.9 Å². The summed E-state index contributed by atoms with van der Waals surface area (Å²) in [5.41, 5.74) is 5.63. The first-order valence-electron chi connectivity index (χ1n) is 3.27. The summed E-state index contributed by atoms with van der Waals surface area (Å²) in [5, 5.41) is 8.56. The van der Waals surface area contributed by atoms with Crippen LogP contribution in [0.3, 0.4) is 0 Å². The molecule has 0 radical (unpaired) electrons. The van der Waals surface area contributed by atoms with Gasteiger partial charge in [-0.3, -0.25) is 0 Å². The van der Waals surface area contributed by atoms with Crippen LogP contribution in [0.4, 0.5) is 4.39 Å². The summed E-state index contributed by atoms with van der Waals surface area (Å²) >= 11 is 3.07. The largest absolute Gasteiger partial charge is 0.326 e. The van der Waals surface area contributed by atoms with Crippen molar-refractivity contribution in [2.75, 3.05) is 0 Å². The quantitative estimate of drug-likeness (QED) is 0.799. The number of halogens is 2. The molecule has 1 rings (SSSR count). The molecule has 2 nitrogen and oxygen atoms in total. The molecule has 1 aromatic rings. The second-order valence-corrected chi connectivity index (χ2v) is 3.07. The van der Waals surface area contributed by atoms with Gasteiger partial charge in [0.05, 0.1) is 0 Å². The normalized spacial score (nSPS) is 9.50. The third kappa shape index (κ3) is 1.47. The first-order chi connectivity index (χ1) is 5.70. The second-order valence-electron chi connectivity index (χ2n) is 2.21. The van der Waals surface area contributed by atoms with Gasteiger partial charge in [0.25, 0.3) is 0 Å². The maximum absolute atomic E-state index is 13.2. The van der Waals surface area contributed by atoms with E-state index < -0.39 is 5.82 Å². The van der Waals surface area contributed by atoms with E-state index in [0.717, 1.165) is 0 Å². The highest BCUT2D eigenvalue weighted by molar-refractivity contribution is 9.10. The molecule has 0 aliphatic heterocycles. The molecule has 0 aliphatic carbocycles. The summed E-state index contributed by atoms with van der Waals surface area (Å²) < 4.78 is 13.7. The van der Waals surface area contributed by atoms with Crippen LogP contribution in [0.1, 0.15) is 11.1 Å². The molecule has 0 saturated heterocycles.